The lowest BCUT2D eigenvalue weighted by Crippen LogP contribution is -2.27. The SMILES string of the molecule is N=c1n(Cc2ccccc2)c2ccccc2n1C[C@H](O)c1ccccc1. The van der Waals surface area contributed by atoms with Crippen molar-refractivity contribution in [3.8, 4) is 0 Å². The summed E-state index contributed by atoms with van der Waals surface area (Å²) in [6, 6.07) is 27.8. The van der Waals surface area contributed by atoms with Crippen LogP contribution in [0.3, 0.4) is 0 Å². The molecule has 0 spiro atoms. The van der Waals surface area contributed by atoms with Crippen LogP contribution < -0.4 is 5.62 Å². The van der Waals surface area contributed by atoms with Gasteiger partial charge in [0, 0.05) is 0 Å². The van der Waals surface area contributed by atoms with Gasteiger partial charge in [-0.15, -0.1) is 0 Å². The quantitative estimate of drug-likeness (QED) is 0.570. The van der Waals surface area contributed by atoms with Gasteiger partial charge in [0.25, 0.3) is 0 Å². The molecular formula is C22H21N3O. The molecule has 1 atom stereocenters. The van der Waals surface area contributed by atoms with Crippen LogP contribution in [0.5, 0.6) is 0 Å². The number of imidazole rings is 1. The van der Waals surface area contributed by atoms with Gasteiger partial charge < -0.3 is 14.2 Å². The average molecular weight is 343 g/mol. The zero-order chi connectivity index (χ0) is 17.9. The highest BCUT2D eigenvalue weighted by Crippen LogP contribution is 2.19. The van der Waals surface area contributed by atoms with Crippen molar-refractivity contribution >= 4 is 11.0 Å². The fraction of sp³-hybridized carbons (Fsp3) is 0.136. The molecule has 4 rings (SSSR count). The first-order valence-corrected chi connectivity index (χ1v) is 8.73. The van der Waals surface area contributed by atoms with Crippen LogP contribution in [0.4, 0.5) is 0 Å². The van der Waals surface area contributed by atoms with Gasteiger partial charge in [-0.05, 0) is 23.3 Å². The van der Waals surface area contributed by atoms with E-state index in [2.05, 4.69) is 12.1 Å². The molecule has 26 heavy (non-hydrogen) atoms. The summed E-state index contributed by atoms with van der Waals surface area (Å²) in [4.78, 5) is 0. The van der Waals surface area contributed by atoms with Crippen LogP contribution in [0.15, 0.2) is 84.9 Å². The van der Waals surface area contributed by atoms with Crippen LogP contribution in [0.1, 0.15) is 17.2 Å². The third-order valence-corrected chi connectivity index (χ3v) is 4.70. The first kappa shape index (κ1) is 16.4. The van der Waals surface area contributed by atoms with E-state index in [1.165, 1.54) is 0 Å². The molecule has 3 aromatic carbocycles. The Bertz CT molecular complexity index is 1060. The summed E-state index contributed by atoms with van der Waals surface area (Å²) < 4.78 is 3.87. The van der Waals surface area contributed by atoms with Gasteiger partial charge in [-0.25, -0.2) is 0 Å². The molecule has 1 aromatic heterocycles. The molecule has 4 aromatic rings. The molecule has 0 bridgehead atoms. The zero-order valence-electron chi connectivity index (χ0n) is 14.4. The summed E-state index contributed by atoms with van der Waals surface area (Å²) in [5, 5.41) is 19.3. The first-order valence-electron chi connectivity index (χ1n) is 8.73. The molecule has 130 valence electrons. The number of hydrogen-bond donors (Lipinski definition) is 2. The first-order chi connectivity index (χ1) is 12.7. The molecule has 0 aliphatic rings. The van der Waals surface area contributed by atoms with Gasteiger partial charge in [0.15, 0.2) is 0 Å². The van der Waals surface area contributed by atoms with E-state index in [1.807, 2.05) is 81.9 Å². The van der Waals surface area contributed by atoms with Crippen LogP contribution in [-0.2, 0) is 13.1 Å². The number of benzene rings is 3. The lowest BCUT2D eigenvalue weighted by atomic mass is 10.1. The van der Waals surface area contributed by atoms with E-state index >= 15 is 0 Å². The molecule has 0 unspecified atom stereocenters. The predicted octanol–water partition coefficient (Wildman–Crippen LogP) is 3.70. The maximum atomic E-state index is 10.6. The largest absolute Gasteiger partial charge is 0.387 e. The maximum Gasteiger partial charge on any atom is 0.203 e. The molecule has 0 amide bonds. The predicted molar refractivity (Wildman–Crippen MR) is 103 cm³/mol. The topological polar surface area (TPSA) is 53.9 Å². The number of aliphatic hydroxyl groups excluding tert-OH is 1. The number of aromatic nitrogens is 2. The fourth-order valence-electron chi connectivity index (χ4n) is 3.36. The number of aliphatic hydroxyl groups is 1. The Balaban J connectivity index is 1.76. The summed E-state index contributed by atoms with van der Waals surface area (Å²) in [5.74, 6) is 0. The van der Waals surface area contributed by atoms with E-state index in [1.54, 1.807) is 0 Å². The van der Waals surface area contributed by atoms with Gasteiger partial charge in [-0.3, -0.25) is 5.41 Å². The smallest absolute Gasteiger partial charge is 0.203 e. The standard InChI is InChI=1S/C22H21N3O/c23-22-24(15-17-9-3-1-4-10-17)19-13-7-8-14-20(19)25(22)16-21(26)18-11-5-2-6-12-18/h1-14,21,23,26H,15-16H2/t21-/m0/s1. The van der Waals surface area contributed by atoms with Gasteiger partial charge in [-0.1, -0.05) is 72.8 Å². The third kappa shape index (κ3) is 3.07. The van der Waals surface area contributed by atoms with E-state index in [4.69, 9.17) is 5.41 Å². The van der Waals surface area contributed by atoms with Crippen molar-refractivity contribution in [2.75, 3.05) is 0 Å². The van der Waals surface area contributed by atoms with Crippen molar-refractivity contribution in [2.45, 2.75) is 19.2 Å². The molecule has 0 radical (unpaired) electrons. The van der Waals surface area contributed by atoms with Crippen LogP contribution in [0.25, 0.3) is 11.0 Å². The lowest BCUT2D eigenvalue weighted by molar-refractivity contribution is 0.155. The van der Waals surface area contributed by atoms with E-state index in [9.17, 15) is 5.11 Å². The van der Waals surface area contributed by atoms with Crippen molar-refractivity contribution < 1.29 is 5.11 Å². The van der Waals surface area contributed by atoms with Crippen LogP contribution in [0, 0.1) is 5.41 Å². The Morgan fingerprint density at radius 2 is 1.27 bits per heavy atom. The second kappa shape index (κ2) is 7.02. The minimum atomic E-state index is -0.652. The summed E-state index contributed by atoms with van der Waals surface area (Å²) in [6.45, 7) is 0.986. The van der Waals surface area contributed by atoms with Crippen molar-refractivity contribution in [3.63, 3.8) is 0 Å². The molecule has 4 nitrogen and oxygen atoms in total. The number of para-hydroxylation sites is 2. The summed E-state index contributed by atoms with van der Waals surface area (Å²) in [6.07, 6.45) is -0.652. The number of nitrogens with zero attached hydrogens (tertiary/aromatic N) is 2. The molecular weight excluding hydrogens is 322 g/mol. The van der Waals surface area contributed by atoms with Gasteiger partial charge in [0.2, 0.25) is 5.62 Å². The molecule has 0 fully saturated rings. The minimum absolute atomic E-state index is 0.352. The van der Waals surface area contributed by atoms with Gasteiger partial charge in [-0.2, -0.15) is 0 Å². The van der Waals surface area contributed by atoms with Crippen LogP contribution in [0.2, 0.25) is 0 Å². The lowest BCUT2D eigenvalue weighted by Gasteiger charge is -2.12. The second-order valence-corrected chi connectivity index (χ2v) is 6.42. The number of rotatable bonds is 5. The van der Waals surface area contributed by atoms with Crippen molar-refractivity contribution in [3.05, 3.63) is 102 Å². The molecule has 0 aliphatic heterocycles. The van der Waals surface area contributed by atoms with Crippen molar-refractivity contribution in [1.29, 1.82) is 5.41 Å². The summed E-state index contributed by atoms with van der Waals surface area (Å²) in [5.41, 5.74) is 4.37. The molecule has 1 heterocycles. The van der Waals surface area contributed by atoms with E-state index in [0.717, 1.165) is 22.2 Å². The van der Waals surface area contributed by atoms with Gasteiger partial charge in [0.05, 0.1) is 30.2 Å². The third-order valence-electron chi connectivity index (χ3n) is 4.70. The molecule has 2 N–H and O–H groups in total. The van der Waals surface area contributed by atoms with Gasteiger partial charge in [0.1, 0.15) is 0 Å². The van der Waals surface area contributed by atoms with Crippen LogP contribution in [-0.4, -0.2) is 14.2 Å². The molecule has 0 saturated heterocycles. The van der Waals surface area contributed by atoms with Gasteiger partial charge >= 0.3 is 0 Å². The summed E-state index contributed by atoms with van der Waals surface area (Å²) >= 11 is 0. The zero-order valence-corrected chi connectivity index (χ0v) is 14.4. The minimum Gasteiger partial charge on any atom is -0.387 e. The number of hydrogen-bond acceptors (Lipinski definition) is 2. The molecule has 4 heteroatoms. The monoisotopic (exact) mass is 343 g/mol. The van der Waals surface area contributed by atoms with E-state index in [0.29, 0.717) is 18.7 Å². The van der Waals surface area contributed by atoms with E-state index < -0.39 is 6.10 Å². The highest BCUT2D eigenvalue weighted by molar-refractivity contribution is 5.76. The maximum absolute atomic E-state index is 10.6. The highest BCUT2D eigenvalue weighted by Gasteiger charge is 2.15. The average Bonchev–Trinajstić information content (AvgIpc) is 2.95. The summed E-state index contributed by atoms with van der Waals surface area (Å²) in [7, 11) is 0. The normalized spacial score (nSPS) is 12.3. The molecule has 0 aliphatic carbocycles. The highest BCUT2D eigenvalue weighted by atomic mass is 16.3. The number of fused-ring (bicyclic) bond motifs is 1. The Morgan fingerprint density at radius 3 is 1.92 bits per heavy atom. The van der Waals surface area contributed by atoms with Crippen molar-refractivity contribution in [1.82, 2.24) is 9.13 Å². The Kier molecular flexibility index (Phi) is 4.42. The van der Waals surface area contributed by atoms with Crippen LogP contribution >= 0.6 is 0 Å². The Hall–Kier alpha value is -3.11. The van der Waals surface area contributed by atoms with Crippen molar-refractivity contribution in [2.24, 2.45) is 0 Å². The second-order valence-electron chi connectivity index (χ2n) is 6.42. The fourth-order valence-corrected chi connectivity index (χ4v) is 3.36. The Morgan fingerprint density at radius 1 is 0.731 bits per heavy atom. The number of nitrogens with one attached hydrogen (secondary N) is 1. The van der Waals surface area contributed by atoms with E-state index in [-0.39, 0.29) is 0 Å². The molecule has 0 saturated carbocycles. The Labute approximate surface area is 152 Å².